The molecule has 0 spiro atoms. The average Bonchev–Trinajstić information content (AvgIpc) is 3.47. The number of aromatic hydroxyl groups is 1. The molecule has 1 fully saturated rings. The maximum atomic E-state index is 14.0. The molecule has 0 bridgehead atoms. The Morgan fingerprint density at radius 1 is 1.11 bits per heavy atom. The maximum Gasteiger partial charge on any atom is 0.260 e. The monoisotopic (exact) mass is 516 g/mol. The second-order valence-corrected chi connectivity index (χ2v) is 10.3. The first kappa shape index (κ1) is 24.2. The Hall–Kier alpha value is -4.12. The van der Waals surface area contributed by atoms with Gasteiger partial charge < -0.3 is 25.7 Å². The van der Waals surface area contributed by atoms with E-state index in [9.17, 15) is 15.0 Å². The normalized spacial score (nSPS) is 17.7. The highest BCUT2D eigenvalue weighted by molar-refractivity contribution is 6.10. The van der Waals surface area contributed by atoms with Crippen LogP contribution < -0.4 is 10.6 Å². The molecule has 11 nitrogen and oxygen atoms in total. The van der Waals surface area contributed by atoms with E-state index < -0.39 is 6.10 Å². The van der Waals surface area contributed by atoms with Crippen molar-refractivity contribution in [3.8, 4) is 11.4 Å². The Labute approximate surface area is 220 Å². The van der Waals surface area contributed by atoms with Crippen LogP contribution in [-0.4, -0.2) is 71.1 Å². The molecular weight excluding hydrogens is 484 g/mol. The smallest absolute Gasteiger partial charge is 0.260 e. The lowest BCUT2D eigenvalue weighted by atomic mass is 10.1. The Morgan fingerprint density at radius 3 is 2.71 bits per heavy atom. The van der Waals surface area contributed by atoms with Gasteiger partial charge in [0, 0.05) is 31.4 Å². The Morgan fingerprint density at radius 2 is 1.92 bits per heavy atom. The van der Waals surface area contributed by atoms with E-state index in [1.165, 1.54) is 0 Å². The number of rotatable bonds is 3. The van der Waals surface area contributed by atoms with E-state index in [0.29, 0.717) is 65.7 Å². The van der Waals surface area contributed by atoms with Crippen molar-refractivity contribution in [1.82, 2.24) is 29.2 Å². The van der Waals surface area contributed by atoms with E-state index in [1.54, 1.807) is 21.7 Å². The number of hydrogen-bond acceptors (Lipinski definition) is 8. The maximum absolute atomic E-state index is 14.0. The van der Waals surface area contributed by atoms with Gasteiger partial charge in [0.1, 0.15) is 22.6 Å². The van der Waals surface area contributed by atoms with Gasteiger partial charge in [0.2, 0.25) is 0 Å². The molecule has 6 rings (SSSR count). The third-order valence-corrected chi connectivity index (χ3v) is 7.74. The molecule has 38 heavy (non-hydrogen) atoms. The number of piperidine rings is 1. The summed E-state index contributed by atoms with van der Waals surface area (Å²) in [5.74, 6) is 0.801. The first-order valence-electron chi connectivity index (χ1n) is 13.0. The van der Waals surface area contributed by atoms with E-state index >= 15 is 0 Å². The molecule has 0 unspecified atom stereocenters. The second-order valence-electron chi connectivity index (χ2n) is 10.3. The van der Waals surface area contributed by atoms with Gasteiger partial charge >= 0.3 is 0 Å². The fourth-order valence-corrected chi connectivity index (χ4v) is 5.74. The van der Waals surface area contributed by atoms with Gasteiger partial charge in [-0.2, -0.15) is 5.10 Å². The van der Waals surface area contributed by atoms with E-state index in [0.717, 1.165) is 30.6 Å². The summed E-state index contributed by atoms with van der Waals surface area (Å²) in [7, 11) is 0. The highest BCUT2D eigenvalue weighted by Crippen LogP contribution is 2.37. The Bertz CT molecular complexity index is 1570. The molecule has 1 atom stereocenters. The molecule has 0 saturated carbocycles. The summed E-state index contributed by atoms with van der Waals surface area (Å²) in [5, 5.41) is 25.2. The number of aliphatic hydroxyl groups excluding tert-OH is 1. The highest BCUT2D eigenvalue weighted by atomic mass is 16.3. The van der Waals surface area contributed by atoms with Crippen LogP contribution in [0.25, 0.3) is 16.9 Å². The fraction of sp³-hybridized carbons (Fsp3) is 0.407. The number of fused-ring (bicyclic) bond motifs is 2. The standard InChI is InChI=1S/C27H32N8O3/c1-15-6-7-20(37)16(2)23(15)35-24(28)21(27(38)33-11-12-34-18(13-33)8-9-29-34)22-26(35)31-25(17(3)30-22)32-10-4-5-19(36)14-32/h6-9,19,36-37H,4-5,10-14,28H2,1-3H3/t19-/m1/s1. The average molecular weight is 517 g/mol. The van der Waals surface area contributed by atoms with Crippen molar-refractivity contribution < 1.29 is 15.0 Å². The number of phenols is 1. The van der Waals surface area contributed by atoms with Crippen molar-refractivity contribution in [1.29, 1.82) is 0 Å². The van der Waals surface area contributed by atoms with Crippen molar-refractivity contribution in [2.75, 3.05) is 30.3 Å². The summed E-state index contributed by atoms with van der Waals surface area (Å²) < 4.78 is 3.65. The number of benzene rings is 1. The van der Waals surface area contributed by atoms with Crippen LogP contribution in [0.4, 0.5) is 11.6 Å². The number of aliphatic hydroxyl groups is 1. The van der Waals surface area contributed by atoms with Crippen LogP contribution in [0.5, 0.6) is 5.75 Å². The van der Waals surface area contributed by atoms with Gasteiger partial charge in [0.05, 0.1) is 36.3 Å². The van der Waals surface area contributed by atoms with Crippen molar-refractivity contribution in [2.45, 2.75) is 52.8 Å². The number of β-amino-alcohol motifs (C(OH)–C–C–N with tert-alkyl or cyclic N) is 1. The molecule has 2 aliphatic rings. The number of carbonyl (C=O) groups is 1. The summed E-state index contributed by atoms with van der Waals surface area (Å²) in [6.45, 7) is 8.37. The van der Waals surface area contributed by atoms with Gasteiger partial charge in [-0.25, -0.2) is 9.97 Å². The van der Waals surface area contributed by atoms with E-state index in [1.807, 2.05) is 42.5 Å². The summed E-state index contributed by atoms with van der Waals surface area (Å²) >= 11 is 0. The molecule has 1 aromatic carbocycles. The molecule has 1 amide bonds. The number of phenolic OH excluding ortho intramolecular Hbond substituents is 1. The van der Waals surface area contributed by atoms with Crippen molar-refractivity contribution in [3.05, 3.63) is 52.5 Å². The highest BCUT2D eigenvalue weighted by Gasteiger charge is 2.32. The lowest BCUT2D eigenvalue weighted by Crippen LogP contribution is -2.39. The summed E-state index contributed by atoms with van der Waals surface area (Å²) in [6, 6.07) is 5.38. The van der Waals surface area contributed by atoms with Crippen LogP contribution >= 0.6 is 0 Å². The van der Waals surface area contributed by atoms with Gasteiger partial charge in [-0.15, -0.1) is 0 Å². The zero-order chi connectivity index (χ0) is 26.7. The van der Waals surface area contributed by atoms with Gasteiger partial charge in [-0.3, -0.25) is 14.0 Å². The molecule has 3 aromatic heterocycles. The molecule has 5 heterocycles. The number of aromatic nitrogens is 5. The van der Waals surface area contributed by atoms with Crippen molar-refractivity contribution in [3.63, 3.8) is 0 Å². The van der Waals surface area contributed by atoms with Crippen LogP contribution in [-0.2, 0) is 13.1 Å². The molecule has 11 heteroatoms. The second kappa shape index (κ2) is 9.02. The zero-order valence-corrected chi connectivity index (χ0v) is 21.8. The molecule has 0 radical (unpaired) electrons. The minimum absolute atomic E-state index is 0.128. The number of nitrogens with zero attached hydrogens (tertiary/aromatic N) is 7. The van der Waals surface area contributed by atoms with Gasteiger partial charge in [0.25, 0.3) is 5.91 Å². The predicted octanol–water partition coefficient (Wildman–Crippen LogP) is 2.45. The lowest BCUT2D eigenvalue weighted by molar-refractivity contribution is 0.0709. The first-order valence-corrected chi connectivity index (χ1v) is 13.0. The van der Waals surface area contributed by atoms with Gasteiger partial charge in [-0.1, -0.05) is 6.07 Å². The molecule has 0 aliphatic carbocycles. The minimum Gasteiger partial charge on any atom is -0.508 e. The number of aryl methyl sites for hydroxylation is 2. The predicted molar refractivity (Wildman–Crippen MR) is 144 cm³/mol. The zero-order valence-electron chi connectivity index (χ0n) is 21.8. The fourth-order valence-electron chi connectivity index (χ4n) is 5.74. The lowest BCUT2D eigenvalue weighted by Gasteiger charge is -2.31. The number of hydrogen-bond donors (Lipinski definition) is 3. The number of carbonyl (C=O) groups excluding carboxylic acids is 1. The molecule has 4 N–H and O–H groups in total. The topological polar surface area (TPSA) is 139 Å². The third-order valence-electron chi connectivity index (χ3n) is 7.74. The largest absolute Gasteiger partial charge is 0.508 e. The summed E-state index contributed by atoms with van der Waals surface area (Å²) in [4.78, 5) is 27.8. The van der Waals surface area contributed by atoms with E-state index in [2.05, 4.69) is 5.10 Å². The number of nitrogens with two attached hydrogens (primary N) is 1. The van der Waals surface area contributed by atoms with Crippen LogP contribution in [0.2, 0.25) is 0 Å². The van der Waals surface area contributed by atoms with Crippen LogP contribution in [0.15, 0.2) is 24.4 Å². The quantitative estimate of drug-likeness (QED) is 0.377. The van der Waals surface area contributed by atoms with E-state index in [4.69, 9.17) is 15.7 Å². The Kier molecular flexibility index (Phi) is 5.75. The van der Waals surface area contributed by atoms with Crippen molar-refractivity contribution >= 4 is 28.7 Å². The number of anilines is 2. The third kappa shape index (κ3) is 3.76. The first-order chi connectivity index (χ1) is 18.2. The Balaban J connectivity index is 1.56. The summed E-state index contributed by atoms with van der Waals surface area (Å²) in [5.41, 5.74) is 11.8. The molecule has 198 valence electrons. The number of amides is 1. The van der Waals surface area contributed by atoms with Crippen LogP contribution in [0, 0.1) is 20.8 Å². The minimum atomic E-state index is -0.433. The SMILES string of the molecule is Cc1ccc(O)c(C)c1-n1c(N)c(C(=O)N2CCn3nccc3C2)c2nc(C)c(N3CCC[C@@H](O)C3)nc21. The molecule has 2 aliphatic heterocycles. The summed E-state index contributed by atoms with van der Waals surface area (Å²) in [6.07, 6.45) is 2.91. The van der Waals surface area contributed by atoms with Crippen LogP contribution in [0.3, 0.4) is 0 Å². The molecule has 4 aromatic rings. The van der Waals surface area contributed by atoms with Crippen molar-refractivity contribution in [2.24, 2.45) is 0 Å². The van der Waals surface area contributed by atoms with Gasteiger partial charge in [-0.05, 0) is 51.3 Å². The van der Waals surface area contributed by atoms with E-state index in [-0.39, 0.29) is 17.5 Å². The van der Waals surface area contributed by atoms with Crippen LogP contribution in [0.1, 0.15) is 45.7 Å². The van der Waals surface area contributed by atoms with Gasteiger partial charge in [0.15, 0.2) is 11.5 Å². The molecule has 1 saturated heterocycles. The molecular formula is C27H32N8O3. The number of nitrogen functional groups attached to an aromatic ring is 1.